The maximum Gasteiger partial charge on any atom is 0.272 e. The van der Waals surface area contributed by atoms with E-state index in [0.29, 0.717) is 36.7 Å². The van der Waals surface area contributed by atoms with Crippen molar-refractivity contribution in [1.82, 2.24) is 19.8 Å². The van der Waals surface area contributed by atoms with Gasteiger partial charge in [-0.2, -0.15) is 0 Å². The third-order valence-corrected chi connectivity index (χ3v) is 5.56. The summed E-state index contributed by atoms with van der Waals surface area (Å²) in [7, 11) is 6.60. The first-order chi connectivity index (χ1) is 15.9. The number of hydrogen-bond donors (Lipinski definition) is 1. The highest BCUT2D eigenvalue weighted by Crippen LogP contribution is 2.21. The van der Waals surface area contributed by atoms with E-state index in [4.69, 9.17) is 9.47 Å². The molecular formula is C25H30N4O4. The summed E-state index contributed by atoms with van der Waals surface area (Å²) < 4.78 is 12.3. The number of rotatable bonds is 10. The number of benzene rings is 1. The van der Waals surface area contributed by atoms with Crippen LogP contribution in [0, 0.1) is 0 Å². The van der Waals surface area contributed by atoms with Crippen LogP contribution in [0.2, 0.25) is 0 Å². The molecule has 0 aliphatic carbocycles. The van der Waals surface area contributed by atoms with Crippen molar-refractivity contribution < 1.29 is 19.1 Å². The van der Waals surface area contributed by atoms with Gasteiger partial charge in [0.1, 0.15) is 17.1 Å². The fourth-order valence-electron chi connectivity index (χ4n) is 3.62. The van der Waals surface area contributed by atoms with Crippen molar-refractivity contribution in [3.63, 3.8) is 0 Å². The average Bonchev–Trinajstić information content (AvgIpc) is 3.28. The molecule has 8 nitrogen and oxygen atoms in total. The second kappa shape index (κ2) is 11.2. The van der Waals surface area contributed by atoms with Crippen LogP contribution in [-0.4, -0.2) is 60.1 Å². The van der Waals surface area contributed by atoms with E-state index in [2.05, 4.69) is 10.3 Å². The van der Waals surface area contributed by atoms with Gasteiger partial charge in [0.2, 0.25) is 5.88 Å². The van der Waals surface area contributed by atoms with Crippen LogP contribution in [0.15, 0.2) is 60.8 Å². The number of amides is 2. The molecule has 3 aromatic rings. The predicted octanol–water partition coefficient (Wildman–Crippen LogP) is 2.94. The first-order valence-corrected chi connectivity index (χ1v) is 10.7. The van der Waals surface area contributed by atoms with Crippen LogP contribution in [0.25, 0.3) is 0 Å². The Kier molecular flexibility index (Phi) is 8.07. The Hall–Kier alpha value is -3.81. The van der Waals surface area contributed by atoms with Gasteiger partial charge in [-0.25, -0.2) is 4.98 Å². The number of pyridine rings is 1. The highest BCUT2D eigenvalue weighted by molar-refractivity contribution is 5.93. The van der Waals surface area contributed by atoms with Gasteiger partial charge in [-0.15, -0.1) is 0 Å². The van der Waals surface area contributed by atoms with Crippen LogP contribution in [0.3, 0.4) is 0 Å². The monoisotopic (exact) mass is 450 g/mol. The Morgan fingerprint density at radius 3 is 2.48 bits per heavy atom. The lowest BCUT2D eigenvalue weighted by Crippen LogP contribution is -2.41. The summed E-state index contributed by atoms with van der Waals surface area (Å²) in [5.41, 5.74) is 1.93. The fraction of sp³-hybridized carbons (Fsp3) is 0.320. The van der Waals surface area contributed by atoms with Crippen LogP contribution in [0.1, 0.15) is 33.0 Å². The first kappa shape index (κ1) is 23.8. The van der Waals surface area contributed by atoms with Gasteiger partial charge in [-0.1, -0.05) is 30.3 Å². The normalized spacial score (nSPS) is 11.5. The maximum atomic E-state index is 13.3. The predicted molar refractivity (Wildman–Crippen MR) is 126 cm³/mol. The van der Waals surface area contributed by atoms with Crippen LogP contribution in [0.5, 0.6) is 11.6 Å². The lowest BCUT2D eigenvalue weighted by atomic mass is 10.0. The van der Waals surface area contributed by atoms with Crippen molar-refractivity contribution in [1.29, 1.82) is 0 Å². The van der Waals surface area contributed by atoms with Gasteiger partial charge in [0, 0.05) is 45.0 Å². The minimum atomic E-state index is -0.248. The zero-order valence-electron chi connectivity index (χ0n) is 19.4. The van der Waals surface area contributed by atoms with E-state index in [1.54, 1.807) is 34.7 Å². The number of carbonyl (C=O) groups is 2. The molecule has 8 heteroatoms. The van der Waals surface area contributed by atoms with E-state index in [9.17, 15) is 9.59 Å². The molecule has 0 radical (unpaired) electrons. The Morgan fingerprint density at radius 1 is 1.09 bits per heavy atom. The fourth-order valence-corrected chi connectivity index (χ4v) is 3.62. The number of nitrogens with zero attached hydrogens (tertiary/aromatic N) is 3. The molecule has 1 aromatic carbocycles. The zero-order valence-corrected chi connectivity index (χ0v) is 19.4. The van der Waals surface area contributed by atoms with Crippen LogP contribution >= 0.6 is 0 Å². The molecule has 2 amide bonds. The molecule has 174 valence electrons. The van der Waals surface area contributed by atoms with Crippen molar-refractivity contribution in [2.45, 2.75) is 18.9 Å². The van der Waals surface area contributed by atoms with Crippen molar-refractivity contribution in [2.75, 3.05) is 27.8 Å². The number of carbonyl (C=O) groups excluding carboxylic acids is 2. The standard InChI is InChI=1S/C25H30N4O4/c1-28-14-8-11-22(28)24(30)26-13-12-19(15-18-9-6-5-7-10-18)29(2)25(31)21-16-20(32-3)17-23(27-21)33-4/h5-11,14,16-17,19H,12-13,15H2,1-4H3,(H,26,30). The highest BCUT2D eigenvalue weighted by atomic mass is 16.5. The first-order valence-electron chi connectivity index (χ1n) is 10.7. The summed E-state index contributed by atoms with van der Waals surface area (Å²) in [6.45, 7) is 0.425. The molecular weight excluding hydrogens is 420 g/mol. The largest absolute Gasteiger partial charge is 0.496 e. The van der Waals surface area contributed by atoms with Crippen LogP contribution in [-0.2, 0) is 13.5 Å². The average molecular weight is 451 g/mol. The molecule has 0 aliphatic rings. The number of ether oxygens (including phenoxy) is 2. The number of hydrogen-bond acceptors (Lipinski definition) is 5. The summed E-state index contributed by atoms with van der Waals surface area (Å²) >= 11 is 0. The van der Waals surface area contributed by atoms with Gasteiger partial charge >= 0.3 is 0 Å². The lowest BCUT2D eigenvalue weighted by molar-refractivity contribution is 0.0715. The highest BCUT2D eigenvalue weighted by Gasteiger charge is 2.24. The molecule has 33 heavy (non-hydrogen) atoms. The quantitative estimate of drug-likeness (QED) is 0.513. The molecule has 1 unspecified atom stereocenters. The van der Waals surface area contributed by atoms with Gasteiger partial charge < -0.3 is 24.3 Å². The lowest BCUT2D eigenvalue weighted by Gasteiger charge is -2.28. The Balaban J connectivity index is 1.76. The number of aryl methyl sites for hydroxylation is 1. The third kappa shape index (κ3) is 6.12. The maximum absolute atomic E-state index is 13.3. The zero-order chi connectivity index (χ0) is 23.8. The summed E-state index contributed by atoms with van der Waals surface area (Å²) in [5.74, 6) is 0.407. The van der Waals surface area contributed by atoms with E-state index in [-0.39, 0.29) is 23.6 Å². The second-order valence-corrected chi connectivity index (χ2v) is 7.74. The number of nitrogens with one attached hydrogen (secondary N) is 1. The summed E-state index contributed by atoms with van der Waals surface area (Å²) in [5, 5.41) is 2.96. The van der Waals surface area contributed by atoms with Gasteiger partial charge in [0.15, 0.2) is 0 Å². The summed E-state index contributed by atoms with van der Waals surface area (Å²) in [4.78, 5) is 31.8. The van der Waals surface area contributed by atoms with Crippen molar-refractivity contribution >= 4 is 11.8 Å². The molecule has 0 saturated heterocycles. The molecule has 0 bridgehead atoms. The van der Waals surface area contributed by atoms with E-state index in [1.165, 1.54) is 14.2 Å². The number of aromatic nitrogens is 2. The molecule has 2 aromatic heterocycles. The van der Waals surface area contributed by atoms with Gasteiger partial charge in [0.05, 0.1) is 14.2 Å². The third-order valence-electron chi connectivity index (χ3n) is 5.56. The minimum Gasteiger partial charge on any atom is -0.496 e. The minimum absolute atomic E-state index is 0.144. The molecule has 2 heterocycles. The number of methoxy groups -OCH3 is 2. The van der Waals surface area contributed by atoms with Crippen LogP contribution in [0.4, 0.5) is 0 Å². The molecule has 3 rings (SSSR count). The van der Waals surface area contributed by atoms with E-state index in [0.717, 1.165) is 5.56 Å². The number of likely N-dealkylation sites (N-methyl/N-ethyl adjacent to an activating group) is 1. The SMILES string of the molecule is COc1cc(OC)nc(C(=O)N(C)C(CCNC(=O)c2cccn2C)Cc2ccccc2)c1. The topological polar surface area (TPSA) is 85.7 Å². The Morgan fingerprint density at radius 2 is 1.85 bits per heavy atom. The summed E-state index contributed by atoms with van der Waals surface area (Å²) in [6, 6.07) is 16.6. The van der Waals surface area contributed by atoms with Gasteiger partial charge in [0.25, 0.3) is 11.8 Å². The molecule has 0 saturated carbocycles. The van der Waals surface area contributed by atoms with Gasteiger partial charge in [-0.05, 0) is 30.5 Å². The molecule has 0 spiro atoms. The summed E-state index contributed by atoms with van der Waals surface area (Å²) in [6.07, 6.45) is 3.05. The second-order valence-electron chi connectivity index (χ2n) is 7.74. The van der Waals surface area contributed by atoms with Gasteiger partial charge in [-0.3, -0.25) is 9.59 Å². The van der Waals surface area contributed by atoms with Crippen molar-refractivity contribution in [2.24, 2.45) is 7.05 Å². The van der Waals surface area contributed by atoms with E-state index < -0.39 is 0 Å². The molecule has 1 atom stereocenters. The van der Waals surface area contributed by atoms with E-state index >= 15 is 0 Å². The van der Waals surface area contributed by atoms with Crippen molar-refractivity contribution in [3.8, 4) is 11.6 Å². The Labute approximate surface area is 194 Å². The molecule has 0 fully saturated rings. The van der Waals surface area contributed by atoms with Crippen LogP contribution < -0.4 is 14.8 Å². The van der Waals surface area contributed by atoms with Crippen molar-refractivity contribution in [3.05, 3.63) is 77.7 Å². The molecule has 0 aliphatic heterocycles. The molecule has 1 N–H and O–H groups in total. The van der Waals surface area contributed by atoms with E-state index in [1.807, 2.05) is 49.6 Å². The smallest absolute Gasteiger partial charge is 0.272 e. The Bertz CT molecular complexity index is 1060.